The van der Waals surface area contributed by atoms with Gasteiger partial charge in [-0.25, -0.2) is 13.6 Å². The number of carbonyl (C=O) groups excluding carboxylic acids is 1. The molecular formula is C21H15F2NO2. The van der Waals surface area contributed by atoms with Crippen LogP contribution in [-0.2, 0) is 4.79 Å². The first kappa shape index (κ1) is 16.3. The minimum atomic E-state index is -0.796. The number of hydrogen-bond donors (Lipinski definition) is 0. The summed E-state index contributed by atoms with van der Waals surface area (Å²) in [5.41, 5.74) is 3.76. The van der Waals surface area contributed by atoms with Gasteiger partial charge in [-0.15, -0.1) is 0 Å². The fourth-order valence-electron chi connectivity index (χ4n) is 3.34. The molecule has 4 rings (SSSR count). The van der Waals surface area contributed by atoms with Crippen molar-refractivity contribution in [2.75, 3.05) is 11.9 Å². The molecule has 0 aromatic heterocycles. The molecule has 0 fully saturated rings. The van der Waals surface area contributed by atoms with Gasteiger partial charge in [-0.1, -0.05) is 30.4 Å². The van der Waals surface area contributed by atoms with Crippen molar-refractivity contribution in [3.05, 3.63) is 89.2 Å². The molecule has 0 unspecified atom stereocenters. The number of anilines is 1. The molecule has 0 N–H and O–H groups in total. The standard InChI is InChI=1S/C21H15F2NO2/c1-24-18-8-4-2-6-16(18)20(17-7-3-5-9-19(17)24)21(25)26-15-11-13(22)10-14(23)12-15/h2-6,8-12H,7H2,1H3. The van der Waals surface area contributed by atoms with Crippen LogP contribution in [0.4, 0.5) is 14.5 Å². The number of esters is 1. The third-order valence-corrected chi connectivity index (χ3v) is 4.47. The Balaban J connectivity index is 1.81. The van der Waals surface area contributed by atoms with E-state index in [1.165, 1.54) is 0 Å². The third-order valence-electron chi connectivity index (χ3n) is 4.47. The van der Waals surface area contributed by atoms with E-state index < -0.39 is 17.6 Å². The second kappa shape index (κ2) is 6.26. The number of likely N-dealkylation sites (N-methyl/N-ethyl adjacent to an activating group) is 1. The summed E-state index contributed by atoms with van der Waals surface area (Å²) in [6.07, 6.45) is 6.40. The maximum atomic E-state index is 13.4. The number of ether oxygens (including phenoxy) is 1. The second-order valence-electron chi connectivity index (χ2n) is 6.11. The Hall–Kier alpha value is -3.21. The summed E-state index contributed by atoms with van der Waals surface area (Å²) in [6, 6.07) is 10.2. The Bertz CT molecular complexity index is 985. The van der Waals surface area contributed by atoms with Crippen molar-refractivity contribution >= 4 is 17.2 Å². The predicted octanol–water partition coefficient (Wildman–Crippen LogP) is 4.62. The van der Waals surface area contributed by atoms with E-state index in [1.807, 2.05) is 54.4 Å². The zero-order chi connectivity index (χ0) is 18.3. The maximum Gasteiger partial charge on any atom is 0.344 e. The highest BCUT2D eigenvalue weighted by molar-refractivity contribution is 6.22. The average Bonchev–Trinajstić information content (AvgIpc) is 2.61. The van der Waals surface area contributed by atoms with E-state index in [9.17, 15) is 13.6 Å². The van der Waals surface area contributed by atoms with Crippen LogP contribution in [0.2, 0.25) is 0 Å². The molecule has 2 aromatic carbocycles. The molecule has 130 valence electrons. The Morgan fingerprint density at radius 2 is 1.85 bits per heavy atom. The first-order valence-corrected chi connectivity index (χ1v) is 8.16. The van der Waals surface area contributed by atoms with Crippen molar-refractivity contribution in [2.45, 2.75) is 6.42 Å². The van der Waals surface area contributed by atoms with E-state index in [0.29, 0.717) is 12.0 Å². The van der Waals surface area contributed by atoms with Crippen LogP contribution in [0.3, 0.4) is 0 Å². The third kappa shape index (κ3) is 2.71. The number of para-hydroxylation sites is 1. The number of hydrogen-bond acceptors (Lipinski definition) is 3. The highest BCUT2D eigenvalue weighted by Crippen LogP contribution is 2.42. The normalized spacial score (nSPS) is 15.3. The molecule has 0 saturated carbocycles. The molecular weight excluding hydrogens is 336 g/mol. The summed E-state index contributed by atoms with van der Waals surface area (Å²) in [7, 11) is 1.94. The zero-order valence-electron chi connectivity index (χ0n) is 14.0. The molecule has 1 aliphatic carbocycles. The molecule has 0 amide bonds. The monoisotopic (exact) mass is 351 g/mol. The molecule has 2 aliphatic rings. The summed E-state index contributed by atoms with van der Waals surface area (Å²) < 4.78 is 32.1. The minimum Gasteiger partial charge on any atom is -0.423 e. The number of benzene rings is 2. The SMILES string of the molecule is CN1C2=CC=CCC2=C(C(=O)Oc2cc(F)cc(F)c2)c2ccccc21. The molecule has 0 bridgehead atoms. The second-order valence-corrected chi connectivity index (χ2v) is 6.11. The van der Waals surface area contributed by atoms with Crippen molar-refractivity contribution < 1.29 is 18.3 Å². The van der Waals surface area contributed by atoms with Gasteiger partial charge in [-0.3, -0.25) is 0 Å². The minimum absolute atomic E-state index is 0.158. The highest BCUT2D eigenvalue weighted by Gasteiger charge is 2.31. The van der Waals surface area contributed by atoms with Gasteiger partial charge in [0.2, 0.25) is 0 Å². The summed E-state index contributed by atoms with van der Waals surface area (Å²) in [4.78, 5) is 14.9. The van der Waals surface area contributed by atoms with Crippen LogP contribution in [0.25, 0.3) is 5.57 Å². The molecule has 0 saturated heterocycles. The number of nitrogens with zero attached hydrogens (tertiary/aromatic N) is 1. The number of fused-ring (bicyclic) bond motifs is 2. The van der Waals surface area contributed by atoms with Crippen LogP contribution in [-0.4, -0.2) is 13.0 Å². The van der Waals surface area contributed by atoms with Crippen LogP contribution in [0, 0.1) is 11.6 Å². The summed E-state index contributed by atoms with van der Waals surface area (Å²) >= 11 is 0. The van der Waals surface area contributed by atoms with Crippen molar-refractivity contribution in [1.82, 2.24) is 0 Å². The molecule has 0 spiro atoms. The molecule has 3 nitrogen and oxygen atoms in total. The molecule has 1 heterocycles. The van der Waals surface area contributed by atoms with E-state index in [1.54, 1.807) is 0 Å². The molecule has 0 atom stereocenters. The van der Waals surface area contributed by atoms with Crippen molar-refractivity contribution in [2.24, 2.45) is 0 Å². The molecule has 2 aromatic rings. The van der Waals surface area contributed by atoms with Gasteiger partial charge in [0, 0.05) is 42.2 Å². The summed E-state index contributed by atoms with van der Waals surface area (Å²) in [5, 5.41) is 0. The Labute approximate surface area is 149 Å². The summed E-state index contributed by atoms with van der Waals surface area (Å²) in [6.45, 7) is 0. The van der Waals surface area contributed by atoms with E-state index in [-0.39, 0.29) is 5.75 Å². The van der Waals surface area contributed by atoms with Crippen LogP contribution in [0.15, 0.2) is 72.0 Å². The zero-order valence-corrected chi connectivity index (χ0v) is 14.0. The van der Waals surface area contributed by atoms with Crippen LogP contribution >= 0.6 is 0 Å². The lowest BCUT2D eigenvalue weighted by molar-refractivity contribution is -0.128. The van der Waals surface area contributed by atoms with Gasteiger partial charge in [-0.2, -0.15) is 0 Å². The number of rotatable bonds is 2. The number of carbonyl (C=O) groups is 1. The van der Waals surface area contributed by atoms with Gasteiger partial charge in [0.05, 0.1) is 5.57 Å². The van der Waals surface area contributed by atoms with Gasteiger partial charge in [0.1, 0.15) is 17.4 Å². The van der Waals surface area contributed by atoms with E-state index >= 15 is 0 Å². The van der Waals surface area contributed by atoms with Crippen LogP contribution in [0.5, 0.6) is 5.75 Å². The fraction of sp³-hybridized carbons (Fsp3) is 0.0952. The van der Waals surface area contributed by atoms with E-state index in [0.717, 1.165) is 40.7 Å². The molecule has 1 aliphatic heterocycles. The van der Waals surface area contributed by atoms with Gasteiger partial charge in [0.15, 0.2) is 0 Å². The summed E-state index contributed by atoms with van der Waals surface area (Å²) in [5.74, 6) is -2.38. The van der Waals surface area contributed by atoms with Crippen molar-refractivity contribution in [3.63, 3.8) is 0 Å². The van der Waals surface area contributed by atoms with E-state index in [4.69, 9.17) is 4.74 Å². The highest BCUT2D eigenvalue weighted by atomic mass is 19.1. The first-order valence-electron chi connectivity index (χ1n) is 8.16. The van der Waals surface area contributed by atoms with Gasteiger partial charge in [0.25, 0.3) is 0 Å². The van der Waals surface area contributed by atoms with E-state index in [2.05, 4.69) is 0 Å². The smallest absolute Gasteiger partial charge is 0.344 e. The van der Waals surface area contributed by atoms with Gasteiger partial charge < -0.3 is 9.64 Å². The fourth-order valence-corrected chi connectivity index (χ4v) is 3.34. The lowest BCUT2D eigenvalue weighted by Crippen LogP contribution is -2.28. The lowest BCUT2D eigenvalue weighted by atomic mass is 9.87. The van der Waals surface area contributed by atoms with Crippen molar-refractivity contribution in [3.8, 4) is 5.75 Å². The van der Waals surface area contributed by atoms with Gasteiger partial charge >= 0.3 is 5.97 Å². The van der Waals surface area contributed by atoms with Crippen LogP contribution in [0.1, 0.15) is 12.0 Å². The largest absolute Gasteiger partial charge is 0.423 e. The predicted molar refractivity (Wildman–Crippen MR) is 95.6 cm³/mol. The Kier molecular flexibility index (Phi) is 3.92. The first-order chi connectivity index (χ1) is 12.5. The Morgan fingerprint density at radius 1 is 1.12 bits per heavy atom. The quantitative estimate of drug-likeness (QED) is 0.584. The lowest BCUT2D eigenvalue weighted by Gasteiger charge is -2.34. The Morgan fingerprint density at radius 3 is 2.62 bits per heavy atom. The van der Waals surface area contributed by atoms with Crippen LogP contribution < -0.4 is 9.64 Å². The molecule has 26 heavy (non-hydrogen) atoms. The molecule has 5 heteroatoms. The number of allylic oxidation sites excluding steroid dienone is 4. The van der Waals surface area contributed by atoms with Gasteiger partial charge in [-0.05, 0) is 24.1 Å². The topological polar surface area (TPSA) is 29.5 Å². The molecule has 0 radical (unpaired) electrons. The maximum absolute atomic E-state index is 13.4. The number of halogens is 2. The average molecular weight is 351 g/mol. The van der Waals surface area contributed by atoms with Crippen molar-refractivity contribution in [1.29, 1.82) is 0 Å².